The molecule has 1 unspecified atom stereocenters. The van der Waals surface area contributed by atoms with Gasteiger partial charge in [0.15, 0.2) is 0 Å². The summed E-state index contributed by atoms with van der Waals surface area (Å²) >= 11 is 0. The van der Waals surface area contributed by atoms with Crippen molar-refractivity contribution in [1.82, 2.24) is 46.2 Å². The first-order valence-corrected chi connectivity index (χ1v) is 31.8. The van der Waals surface area contributed by atoms with Crippen LogP contribution in [0.5, 0.6) is 0 Å². The summed E-state index contributed by atoms with van der Waals surface area (Å²) in [5, 5.41) is 14.9. The van der Waals surface area contributed by atoms with E-state index < -0.39 is 36.1 Å². The molecule has 0 aromatic heterocycles. The van der Waals surface area contributed by atoms with Crippen LogP contribution >= 0.6 is 0 Å². The molecule has 2 heterocycles. The van der Waals surface area contributed by atoms with E-state index >= 15 is 0 Å². The minimum absolute atomic E-state index is 0.0188. The number of nitrogens with zero attached hydrogens (tertiary/aromatic N) is 4. The first kappa shape index (κ1) is 64.6. The monoisotopic (exact) mass is 1180 g/mol. The molecule has 8 amide bonds. The van der Waals surface area contributed by atoms with Crippen molar-refractivity contribution >= 4 is 47.3 Å². The second kappa shape index (κ2) is 31.3. The standard InChI is InChI=1S/C69H93N9O8/c1-46(2)63(81)73-62(55-25-17-10-18-26-55)69(86)78-41-36-48(4)67(78)77(42-38-51-21-13-8-14-22-51)60(80)44-72-66(84)57-33-29-53(30-34-57)52-27-31-56(32-28-52)65(83)71-43-59(79)75(39-37-50-19-11-7-12-20-50)45-58-47(3)35-40-76(58)68(85)61(54-23-15-9-16-24-54)74-64(82)49(5)70-6/h7-8,11-14,19-22,27-34,46-49,54-55,58,61-62,67,70H,9-10,15-18,23-26,35-45H2,1-6H3,(H,71,83)(H,72,84)(H,73,81)(H,74,82)/t47-,48-,49-,58+,61-,62-,67?/m0/s1. The molecule has 0 radical (unpaired) electrons. The van der Waals surface area contributed by atoms with E-state index in [1.165, 1.54) is 0 Å². The molecular formula is C69H93N9O8. The minimum atomic E-state index is -0.675. The lowest BCUT2D eigenvalue weighted by molar-refractivity contribution is -0.148. The van der Waals surface area contributed by atoms with E-state index in [1.54, 1.807) is 52.9 Å². The molecule has 5 N–H and O–H groups in total. The van der Waals surface area contributed by atoms with Crippen molar-refractivity contribution in [2.75, 3.05) is 52.9 Å². The van der Waals surface area contributed by atoms with Gasteiger partial charge in [-0.15, -0.1) is 0 Å². The van der Waals surface area contributed by atoms with Gasteiger partial charge in [-0.1, -0.05) is 151 Å². The molecule has 2 aliphatic carbocycles. The lowest BCUT2D eigenvalue weighted by Crippen LogP contribution is -2.60. The molecule has 7 atom stereocenters. The van der Waals surface area contributed by atoms with E-state index in [1.807, 2.05) is 104 Å². The van der Waals surface area contributed by atoms with Gasteiger partial charge in [-0.05, 0) is 136 Å². The molecule has 17 nitrogen and oxygen atoms in total. The van der Waals surface area contributed by atoms with E-state index in [4.69, 9.17) is 0 Å². The predicted octanol–water partition coefficient (Wildman–Crippen LogP) is 7.78. The van der Waals surface area contributed by atoms with Gasteiger partial charge in [0.1, 0.15) is 18.2 Å². The quantitative estimate of drug-likeness (QED) is 0.0438. The van der Waals surface area contributed by atoms with Crippen LogP contribution in [0.3, 0.4) is 0 Å². The van der Waals surface area contributed by atoms with Gasteiger partial charge >= 0.3 is 0 Å². The van der Waals surface area contributed by atoms with Crippen molar-refractivity contribution in [3.05, 3.63) is 131 Å². The van der Waals surface area contributed by atoms with E-state index in [9.17, 15) is 38.4 Å². The SMILES string of the molecule is CN[C@@H](C)C(=O)N[C@H](C(=O)N1CC[C@H](C)[C@H]1CN(CCc1ccccc1)C(=O)CNC(=O)c1ccc(-c2ccc(C(=O)NCC(=O)N(CCc3ccccc3)C3[C@@H](C)CCN3C(=O)[C@@H](NC(=O)C(C)C)C3CCCCC3)cc2)cc1)C1CCCCC1. The van der Waals surface area contributed by atoms with Gasteiger partial charge in [0.2, 0.25) is 35.4 Å². The largest absolute Gasteiger partial charge is 0.344 e. The fourth-order valence-electron chi connectivity index (χ4n) is 13.1. The van der Waals surface area contributed by atoms with Crippen LogP contribution in [0.25, 0.3) is 11.1 Å². The number of carbonyl (C=O) groups excluding carboxylic acids is 8. The van der Waals surface area contributed by atoms with Crippen molar-refractivity contribution in [2.24, 2.45) is 29.6 Å². The third-order valence-corrected chi connectivity index (χ3v) is 18.6. The highest BCUT2D eigenvalue weighted by Gasteiger charge is 2.45. The van der Waals surface area contributed by atoms with Gasteiger partial charge in [0, 0.05) is 49.8 Å². The highest BCUT2D eigenvalue weighted by molar-refractivity contribution is 5.98. The number of nitrogens with one attached hydrogen (secondary N) is 5. The van der Waals surface area contributed by atoms with Gasteiger partial charge < -0.3 is 46.2 Å². The average molecular weight is 1180 g/mol. The van der Waals surface area contributed by atoms with Crippen molar-refractivity contribution in [2.45, 2.75) is 155 Å². The molecule has 2 aliphatic heterocycles. The molecule has 8 rings (SSSR count). The van der Waals surface area contributed by atoms with Crippen LogP contribution < -0.4 is 26.6 Å². The summed E-state index contributed by atoms with van der Waals surface area (Å²) in [6.45, 7) is 11.1. The Balaban J connectivity index is 0.890. The van der Waals surface area contributed by atoms with Crippen molar-refractivity contribution < 1.29 is 38.4 Å². The van der Waals surface area contributed by atoms with E-state index in [2.05, 4.69) is 40.4 Å². The van der Waals surface area contributed by atoms with Crippen LogP contribution in [0.1, 0.15) is 144 Å². The molecule has 4 fully saturated rings. The number of hydrogen-bond acceptors (Lipinski definition) is 9. The Morgan fingerprint density at radius 3 is 1.48 bits per heavy atom. The van der Waals surface area contributed by atoms with Crippen LogP contribution in [-0.2, 0) is 41.6 Å². The molecule has 2 saturated carbocycles. The lowest BCUT2D eigenvalue weighted by Gasteiger charge is -2.40. The Kier molecular flexibility index (Phi) is 23.5. The van der Waals surface area contributed by atoms with Crippen molar-refractivity contribution in [1.29, 1.82) is 0 Å². The summed E-state index contributed by atoms with van der Waals surface area (Å²) in [7, 11) is 1.73. The summed E-state index contributed by atoms with van der Waals surface area (Å²) < 4.78 is 0. The Bertz CT molecular complexity index is 2910. The maximum Gasteiger partial charge on any atom is 0.251 e. The zero-order valence-corrected chi connectivity index (χ0v) is 51.6. The van der Waals surface area contributed by atoms with Crippen LogP contribution in [0, 0.1) is 29.6 Å². The molecule has 4 aromatic rings. The molecular weight excluding hydrogens is 1080 g/mol. The smallest absolute Gasteiger partial charge is 0.251 e. The molecule has 462 valence electrons. The molecule has 0 spiro atoms. The van der Waals surface area contributed by atoms with E-state index in [0.717, 1.165) is 92.9 Å². The highest BCUT2D eigenvalue weighted by atomic mass is 16.2. The van der Waals surface area contributed by atoms with Crippen molar-refractivity contribution in [3.8, 4) is 11.1 Å². The van der Waals surface area contributed by atoms with Gasteiger partial charge in [-0.2, -0.15) is 0 Å². The van der Waals surface area contributed by atoms with Crippen LogP contribution in [-0.4, -0.2) is 150 Å². The average Bonchev–Trinajstić information content (AvgIpc) is 2.24. The summed E-state index contributed by atoms with van der Waals surface area (Å²) in [5.41, 5.74) is 4.42. The van der Waals surface area contributed by atoms with Crippen LogP contribution in [0.2, 0.25) is 0 Å². The Labute approximate surface area is 509 Å². The number of rotatable bonds is 25. The topological polar surface area (TPSA) is 210 Å². The van der Waals surface area contributed by atoms with Crippen LogP contribution in [0.4, 0.5) is 0 Å². The second-order valence-corrected chi connectivity index (χ2v) is 24.9. The Hall–Kier alpha value is -7.40. The third kappa shape index (κ3) is 17.0. The maximum absolute atomic E-state index is 14.7. The van der Waals surface area contributed by atoms with E-state index in [-0.39, 0.29) is 84.2 Å². The number of carbonyl (C=O) groups is 8. The van der Waals surface area contributed by atoms with Gasteiger partial charge in [0.05, 0.1) is 25.2 Å². The van der Waals surface area contributed by atoms with Gasteiger partial charge in [0.25, 0.3) is 11.8 Å². The van der Waals surface area contributed by atoms with Gasteiger partial charge in [-0.25, -0.2) is 0 Å². The zero-order valence-electron chi connectivity index (χ0n) is 51.6. The maximum atomic E-state index is 14.7. The predicted molar refractivity (Wildman–Crippen MR) is 334 cm³/mol. The number of benzene rings is 4. The number of likely N-dealkylation sites (N-methyl/N-ethyl adjacent to an activating group) is 1. The molecule has 2 saturated heterocycles. The molecule has 4 aromatic carbocycles. The minimum Gasteiger partial charge on any atom is -0.344 e. The normalized spacial score (nSPS) is 20.1. The number of amides is 8. The zero-order chi connectivity index (χ0) is 61.3. The molecule has 17 heteroatoms. The Morgan fingerprint density at radius 1 is 0.523 bits per heavy atom. The fraction of sp³-hybridized carbons (Fsp3) is 0.536. The van der Waals surface area contributed by atoms with Gasteiger partial charge in [-0.3, -0.25) is 38.4 Å². The number of likely N-dealkylation sites (tertiary alicyclic amines) is 2. The molecule has 4 aliphatic rings. The first-order valence-electron chi connectivity index (χ1n) is 31.8. The summed E-state index contributed by atoms with van der Waals surface area (Å²) in [5.74, 6) is -2.20. The summed E-state index contributed by atoms with van der Waals surface area (Å²) in [4.78, 5) is 119. The molecule has 0 bridgehead atoms. The second-order valence-electron chi connectivity index (χ2n) is 24.9. The Morgan fingerprint density at radius 2 is 0.977 bits per heavy atom. The number of hydrogen-bond donors (Lipinski definition) is 5. The lowest BCUT2D eigenvalue weighted by atomic mass is 9.83. The highest BCUT2D eigenvalue weighted by Crippen LogP contribution is 2.34. The fourth-order valence-corrected chi connectivity index (χ4v) is 13.1. The van der Waals surface area contributed by atoms with Crippen LogP contribution in [0.15, 0.2) is 109 Å². The summed E-state index contributed by atoms with van der Waals surface area (Å²) in [6.07, 6.45) is 11.8. The first-order chi connectivity index (χ1) is 41.5. The van der Waals surface area contributed by atoms with Crippen molar-refractivity contribution in [3.63, 3.8) is 0 Å². The third-order valence-electron chi connectivity index (χ3n) is 18.6. The summed E-state index contributed by atoms with van der Waals surface area (Å²) in [6, 6.07) is 31.7. The molecule has 86 heavy (non-hydrogen) atoms. The van der Waals surface area contributed by atoms with E-state index in [0.29, 0.717) is 63.1 Å².